The van der Waals surface area contributed by atoms with E-state index in [1.807, 2.05) is 12.1 Å². The number of aryl methyl sites for hydroxylation is 1. The first-order chi connectivity index (χ1) is 11.1. The Hall–Kier alpha value is -2.69. The number of ketones is 1. The summed E-state index contributed by atoms with van der Waals surface area (Å²) in [7, 11) is 0. The fourth-order valence-corrected chi connectivity index (χ4v) is 2.97. The van der Waals surface area contributed by atoms with Gasteiger partial charge in [0.15, 0.2) is 12.1 Å². The van der Waals surface area contributed by atoms with Crippen molar-refractivity contribution >= 4 is 23.7 Å². The standard InChI is InChI=1S/C18H18N2O3/c1-13(22)14-4-5-17-15(11-14)6-10-20(17)18(23)7-9-19-8-2-3-16(19)12-21/h2-5,8,11-12H,6-7,9-10H2,1H3. The van der Waals surface area contributed by atoms with Crippen LogP contribution in [0.2, 0.25) is 0 Å². The minimum Gasteiger partial charge on any atom is -0.345 e. The smallest absolute Gasteiger partial charge is 0.228 e. The minimum atomic E-state index is 0.0323. The number of aldehydes is 1. The molecule has 1 aromatic carbocycles. The molecule has 5 heteroatoms. The SMILES string of the molecule is CC(=O)c1ccc2c(c1)CCN2C(=O)CCn1cccc1C=O. The number of hydrogen-bond donors (Lipinski definition) is 0. The third-order valence-electron chi connectivity index (χ3n) is 4.23. The molecule has 1 aliphatic heterocycles. The summed E-state index contributed by atoms with van der Waals surface area (Å²) in [5.74, 6) is 0.0662. The first-order valence-electron chi connectivity index (χ1n) is 7.64. The molecule has 3 rings (SSSR count). The normalized spacial score (nSPS) is 13.0. The van der Waals surface area contributed by atoms with Crippen LogP contribution in [0.25, 0.3) is 0 Å². The summed E-state index contributed by atoms with van der Waals surface area (Å²) in [5, 5.41) is 0. The summed E-state index contributed by atoms with van der Waals surface area (Å²) in [6.07, 6.45) is 3.70. The lowest BCUT2D eigenvalue weighted by atomic mass is 10.1. The van der Waals surface area contributed by atoms with E-state index >= 15 is 0 Å². The van der Waals surface area contributed by atoms with Gasteiger partial charge in [0.2, 0.25) is 5.91 Å². The maximum absolute atomic E-state index is 12.5. The van der Waals surface area contributed by atoms with Crippen LogP contribution in [0.4, 0.5) is 5.69 Å². The van der Waals surface area contributed by atoms with Crippen molar-refractivity contribution in [2.45, 2.75) is 26.3 Å². The maximum Gasteiger partial charge on any atom is 0.228 e. The quantitative estimate of drug-likeness (QED) is 0.629. The highest BCUT2D eigenvalue weighted by molar-refractivity contribution is 5.98. The lowest BCUT2D eigenvalue weighted by molar-refractivity contribution is -0.118. The fourth-order valence-electron chi connectivity index (χ4n) is 2.97. The van der Waals surface area contributed by atoms with E-state index in [9.17, 15) is 14.4 Å². The molecular formula is C18H18N2O3. The Labute approximate surface area is 134 Å². The fraction of sp³-hybridized carbons (Fsp3) is 0.278. The topological polar surface area (TPSA) is 59.4 Å². The Kier molecular flexibility index (Phi) is 4.10. The molecule has 118 valence electrons. The number of fused-ring (bicyclic) bond motifs is 1. The van der Waals surface area contributed by atoms with Gasteiger partial charge < -0.3 is 9.47 Å². The molecule has 0 unspecified atom stereocenters. The second-order valence-electron chi connectivity index (χ2n) is 5.69. The Morgan fingerprint density at radius 2 is 2.09 bits per heavy atom. The van der Waals surface area contributed by atoms with Crippen LogP contribution in [0.5, 0.6) is 0 Å². The van der Waals surface area contributed by atoms with E-state index < -0.39 is 0 Å². The summed E-state index contributed by atoms with van der Waals surface area (Å²) >= 11 is 0. The molecule has 0 fully saturated rings. The average molecular weight is 310 g/mol. The van der Waals surface area contributed by atoms with Crippen molar-refractivity contribution in [1.82, 2.24) is 4.57 Å². The van der Waals surface area contributed by atoms with E-state index in [0.717, 1.165) is 24.0 Å². The van der Waals surface area contributed by atoms with Crippen LogP contribution in [0.15, 0.2) is 36.5 Å². The van der Waals surface area contributed by atoms with E-state index in [-0.39, 0.29) is 11.7 Å². The first kappa shape index (κ1) is 15.2. The van der Waals surface area contributed by atoms with Crippen molar-refractivity contribution in [3.8, 4) is 0 Å². The number of rotatable bonds is 5. The Balaban J connectivity index is 1.71. The molecule has 2 aromatic rings. The van der Waals surface area contributed by atoms with Gasteiger partial charge in [-0.05, 0) is 49.2 Å². The predicted octanol–water partition coefficient (Wildman–Crippen LogP) is 2.48. The van der Waals surface area contributed by atoms with Crippen LogP contribution in [0, 0.1) is 0 Å². The molecule has 0 aliphatic carbocycles. The first-order valence-corrected chi connectivity index (χ1v) is 7.64. The van der Waals surface area contributed by atoms with Crippen molar-refractivity contribution < 1.29 is 14.4 Å². The second kappa shape index (κ2) is 6.20. The van der Waals surface area contributed by atoms with Crippen molar-refractivity contribution in [2.24, 2.45) is 0 Å². The number of carbonyl (C=O) groups is 3. The number of carbonyl (C=O) groups excluding carboxylic acids is 3. The van der Waals surface area contributed by atoms with Gasteiger partial charge in [-0.3, -0.25) is 14.4 Å². The van der Waals surface area contributed by atoms with Gasteiger partial charge in [0.05, 0.1) is 5.69 Å². The number of benzene rings is 1. The van der Waals surface area contributed by atoms with E-state index in [2.05, 4.69) is 0 Å². The van der Waals surface area contributed by atoms with Crippen LogP contribution < -0.4 is 4.90 Å². The third kappa shape index (κ3) is 2.95. The number of aromatic nitrogens is 1. The van der Waals surface area contributed by atoms with Crippen molar-refractivity contribution in [1.29, 1.82) is 0 Å². The van der Waals surface area contributed by atoms with Crippen LogP contribution in [0.1, 0.15) is 39.8 Å². The zero-order chi connectivity index (χ0) is 16.4. The Morgan fingerprint density at radius 3 is 2.83 bits per heavy atom. The van der Waals surface area contributed by atoms with E-state index in [1.54, 1.807) is 40.8 Å². The molecule has 0 saturated carbocycles. The summed E-state index contributed by atoms with van der Waals surface area (Å²) < 4.78 is 1.78. The highest BCUT2D eigenvalue weighted by Crippen LogP contribution is 2.29. The molecule has 0 radical (unpaired) electrons. The zero-order valence-electron chi connectivity index (χ0n) is 13.0. The highest BCUT2D eigenvalue weighted by atomic mass is 16.2. The predicted molar refractivity (Wildman–Crippen MR) is 86.9 cm³/mol. The van der Waals surface area contributed by atoms with E-state index in [1.165, 1.54) is 0 Å². The van der Waals surface area contributed by atoms with Gasteiger partial charge in [-0.25, -0.2) is 0 Å². The third-order valence-corrected chi connectivity index (χ3v) is 4.23. The van der Waals surface area contributed by atoms with E-state index in [0.29, 0.717) is 30.8 Å². The number of anilines is 1. The van der Waals surface area contributed by atoms with Gasteiger partial charge in [-0.15, -0.1) is 0 Å². The number of hydrogen-bond acceptors (Lipinski definition) is 3. The lowest BCUT2D eigenvalue weighted by Crippen LogP contribution is -2.29. The summed E-state index contributed by atoms with van der Waals surface area (Å²) in [6.45, 7) is 2.67. The molecule has 23 heavy (non-hydrogen) atoms. The molecule has 0 atom stereocenters. The highest BCUT2D eigenvalue weighted by Gasteiger charge is 2.24. The molecule has 5 nitrogen and oxygen atoms in total. The van der Waals surface area contributed by atoms with Crippen LogP contribution in [-0.2, 0) is 17.8 Å². The Morgan fingerprint density at radius 1 is 1.26 bits per heavy atom. The van der Waals surface area contributed by atoms with Gasteiger partial charge >= 0.3 is 0 Å². The van der Waals surface area contributed by atoms with Gasteiger partial charge in [-0.2, -0.15) is 0 Å². The molecule has 0 spiro atoms. The zero-order valence-corrected chi connectivity index (χ0v) is 13.0. The van der Waals surface area contributed by atoms with Gasteiger partial charge in [0.25, 0.3) is 0 Å². The lowest BCUT2D eigenvalue weighted by Gasteiger charge is -2.18. The number of nitrogens with zero attached hydrogens (tertiary/aromatic N) is 2. The van der Waals surface area contributed by atoms with Gasteiger partial charge in [0, 0.05) is 37.0 Å². The molecule has 1 aromatic heterocycles. The molecule has 2 heterocycles. The largest absolute Gasteiger partial charge is 0.345 e. The van der Waals surface area contributed by atoms with Gasteiger partial charge in [-0.1, -0.05) is 0 Å². The second-order valence-corrected chi connectivity index (χ2v) is 5.69. The number of Topliss-reactive ketones (excluding diaryl/α,β-unsaturated/α-hetero) is 1. The van der Waals surface area contributed by atoms with Crippen molar-refractivity contribution in [3.63, 3.8) is 0 Å². The molecule has 0 bridgehead atoms. The molecule has 0 N–H and O–H groups in total. The Bertz CT molecular complexity index is 776. The van der Waals surface area contributed by atoms with Crippen molar-refractivity contribution in [2.75, 3.05) is 11.4 Å². The van der Waals surface area contributed by atoms with Crippen LogP contribution >= 0.6 is 0 Å². The molecule has 1 aliphatic rings. The summed E-state index contributed by atoms with van der Waals surface area (Å²) in [5.41, 5.74) is 3.19. The summed E-state index contributed by atoms with van der Waals surface area (Å²) in [4.78, 5) is 36.6. The molecule has 0 saturated heterocycles. The molecule has 1 amide bonds. The van der Waals surface area contributed by atoms with Crippen molar-refractivity contribution in [3.05, 3.63) is 53.3 Å². The van der Waals surface area contributed by atoms with Crippen LogP contribution in [0.3, 0.4) is 0 Å². The maximum atomic E-state index is 12.5. The van der Waals surface area contributed by atoms with E-state index in [4.69, 9.17) is 0 Å². The average Bonchev–Trinajstić information content (AvgIpc) is 3.18. The van der Waals surface area contributed by atoms with Gasteiger partial charge in [0.1, 0.15) is 0 Å². The molecular weight excluding hydrogens is 292 g/mol. The van der Waals surface area contributed by atoms with Crippen LogP contribution in [-0.4, -0.2) is 29.1 Å². The number of amides is 1. The minimum absolute atomic E-state index is 0.0323. The summed E-state index contributed by atoms with van der Waals surface area (Å²) in [6, 6.07) is 9.02. The monoisotopic (exact) mass is 310 g/mol.